The van der Waals surface area contributed by atoms with E-state index in [4.69, 9.17) is 4.42 Å². The number of rotatable bonds is 5. The van der Waals surface area contributed by atoms with Gasteiger partial charge in [-0.05, 0) is 56.3 Å². The van der Waals surface area contributed by atoms with Gasteiger partial charge in [0.1, 0.15) is 0 Å². The highest BCUT2D eigenvalue weighted by Gasteiger charge is 2.19. The Morgan fingerprint density at radius 1 is 1.11 bits per heavy atom. The Kier molecular flexibility index (Phi) is 5.43. The lowest BCUT2D eigenvalue weighted by molar-refractivity contribution is 0.102. The molecular formula is C18H16BrN3O4S. The van der Waals surface area contributed by atoms with Crippen molar-refractivity contribution in [1.29, 1.82) is 0 Å². The molecule has 0 unspecified atom stereocenters. The summed E-state index contributed by atoms with van der Waals surface area (Å²) in [5.74, 6) is -0.210. The van der Waals surface area contributed by atoms with Gasteiger partial charge in [-0.15, -0.1) is 5.10 Å². The molecule has 0 aliphatic heterocycles. The first-order valence-electron chi connectivity index (χ1n) is 8.02. The van der Waals surface area contributed by atoms with Crippen molar-refractivity contribution in [3.05, 3.63) is 58.6 Å². The smallest absolute Gasteiger partial charge is 0.322 e. The predicted octanol–water partition coefficient (Wildman–Crippen LogP) is 3.93. The number of anilines is 1. The lowest BCUT2D eigenvalue weighted by atomic mass is 10.2. The molecule has 1 heterocycles. The molecule has 0 aliphatic rings. The maximum absolute atomic E-state index is 12.2. The standard InChI is InChI=1S/C18H16BrN3O4S/c1-11(2)27(24,25)15-8-6-12(7-9-15)17-21-22-18(26-17)20-16(23)13-4-3-5-14(19)10-13/h3-11H,1-2H3,(H,20,22,23). The van der Waals surface area contributed by atoms with Gasteiger partial charge < -0.3 is 4.42 Å². The summed E-state index contributed by atoms with van der Waals surface area (Å²) < 4.78 is 30.5. The summed E-state index contributed by atoms with van der Waals surface area (Å²) in [7, 11) is -3.35. The molecule has 2 aromatic carbocycles. The molecule has 0 bridgehead atoms. The molecule has 9 heteroatoms. The van der Waals surface area contributed by atoms with Crippen LogP contribution >= 0.6 is 15.9 Å². The van der Waals surface area contributed by atoms with Gasteiger partial charge in [-0.3, -0.25) is 10.1 Å². The van der Waals surface area contributed by atoms with Crippen LogP contribution in [0, 0.1) is 0 Å². The van der Waals surface area contributed by atoms with Gasteiger partial charge in [-0.1, -0.05) is 27.1 Å². The first-order chi connectivity index (χ1) is 12.8. The zero-order valence-corrected chi connectivity index (χ0v) is 16.9. The number of amides is 1. The van der Waals surface area contributed by atoms with Crippen LogP contribution in [-0.2, 0) is 9.84 Å². The SMILES string of the molecule is CC(C)S(=O)(=O)c1ccc(-c2nnc(NC(=O)c3cccc(Br)c3)o2)cc1. The minimum absolute atomic E-state index is 0.0474. The van der Waals surface area contributed by atoms with Crippen molar-refractivity contribution in [2.75, 3.05) is 5.32 Å². The molecule has 0 aliphatic carbocycles. The summed E-state index contributed by atoms with van der Waals surface area (Å²) in [6.45, 7) is 3.25. The Morgan fingerprint density at radius 3 is 2.44 bits per heavy atom. The van der Waals surface area contributed by atoms with E-state index in [1.165, 1.54) is 12.1 Å². The fraction of sp³-hybridized carbons (Fsp3) is 0.167. The average Bonchev–Trinajstić information content (AvgIpc) is 3.10. The number of carbonyl (C=O) groups is 1. The largest absolute Gasteiger partial charge is 0.403 e. The fourth-order valence-electron chi connectivity index (χ4n) is 2.25. The van der Waals surface area contributed by atoms with E-state index < -0.39 is 15.1 Å². The molecule has 3 rings (SSSR count). The third-order valence-electron chi connectivity index (χ3n) is 3.78. The third-order valence-corrected chi connectivity index (χ3v) is 6.45. The van der Waals surface area contributed by atoms with E-state index in [-0.39, 0.29) is 22.7 Å². The van der Waals surface area contributed by atoms with Crippen molar-refractivity contribution in [3.8, 4) is 11.5 Å². The van der Waals surface area contributed by atoms with Gasteiger partial charge in [0.2, 0.25) is 5.89 Å². The first-order valence-corrected chi connectivity index (χ1v) is 10.4. The fourth-order valence-corrected chi connectivity index (χ4v) is 3.71. The van der Waals surface area contributed by atoms with Crippen molar-refractivity contribution in [1.82, 2.24) is 10.2 Å². The minimum atomic E-state index is -3.35. The summed E-state index contributed by atoms with van der Waals surface area (Å²) in [5.41, 5.74) is 0.987. The number of hydrogen-bond donors (Lipinski definition) is 1. The van der Waals surface area contributed by atoms with Crippen LogP contribution in [0.15, 0.2) is 62.3 Å². The van der Waals surface area contributed by atoms with Crippen molar-refractivity contribution in [2.24, 2.45) is 0 Å². The van der Waals surface area contributed by atoms with Gasteiger partial charge in [-0.2, -0.15) is 0 Å². The normalized spacial score (nSPS) is 11.6. The Bertz CT molecular complexity index is 1080. The lowest BCUT2D eigenvalue weighted by Gasteiger charge is -2.07. The number of benzene rings is 2. The number of hydrogen-bond acceptors (Lipinski definition) is 6. The zero-order chi connectivity index (χ0) is 19.6. The van der Waals surface area contributed by atoms with E-state index in [1.807, 2.05) is 6.07 Å². The van der Waals surface area contributed by atoms with Gasteiger partial charge in [0, 0.05) is 15.6 Å². The molecule has 0 fully saturated rings. The molecule has 1 amide bonds. The molecular weight excluding hydrogens is 434 g/mol. The van der Waals surface area contributed by atoms with Crippen LogP contribution in [0.2, 0.25) is 0 Å². The van der Waals surface area contributed by atoms with Gasteiger partial charge >= 0.3 is 6.01 Å². The van der Waals surface area contributed by atoms with Crippen molar-refractivity contribution >= 4 is 37.7 Å². The van der Waals surface area contributed by atoms with E-state index in [0.29, 0.717) is 11.1 Å². The molecule has 0 atom stereocenters. The van der Waals surface area contributed by atoms with Crippen LogP contribution in [0.25, 0.3) is 11.5 Å². The number of aromatic nitrogens is 2. The molecule has 7 nitrogen and oxygen atoms in total. The maximum atomic E-state index is 12.2. The highest BCUT2D eigenvalue weighted by atomic mass is 79.9. The summed E-state index contributed by atoms with van der Waals surface area (Å²) in [4.78, 5) is 12.4. The molecule has 1 aromatic heterocycles. The molecule has 0 saturated carbocycles. The molecule has 0 spiro atoms. The Balaban J connectivity index is 1.77. The van der Waals surface area contributed by atoms with Crippen molar-refractivity contribution < 1.29 is 17.6 Å². The summed E-state index contributed by atoms with van der Waals surface area (Å²) in [6.07, 6.45) is 0. The van der Waals surface area contributed by atoms with Crippen LogP contribution < -0.4 is 5.32 Å². The van der Waals surface area contributed by atoms with Crippen LogP contribution in [0.4, 0.5) is 6.01 Å². The van der Waals surface area contributed by atoms with Crippen molar-refractivity contribution in [3.63, 3.8) is 0 Å². The minimum Gasteiger partial charge on any atom is -0.403 e. The van der Waals surface area contributed by atoms with Gasteiger partial charge in [0.05, 0.1) is 10.1 Å². The first kappa shape index (κ1) is 19.2. The Hall–Kier alpha value is -2.52. The highest BCUT2D eigenvalue weighted by Crippen LogP contribution is 2.23. The Morgan fingerprint density at radius 2 is 1.81 bits per heavy atom. The van der Waals surface area contributed by atoms with Crippen LogP contribution in [0.1, 0.15) is 24.2 Å². The molecule has 140 valence electrons. The predicted molar refractivity (Wildman–Crippen MR) is 104 cm³/mol. The maximum Gasteiger partial charge on any atom is 0.322 e. The summed E-state index contributed by atoms with van der Waals surface area (Å²) >= 11 is 3.30. The summed E-state index contributed by atoms with van der Waals surface area (Å²) in [5, 5.41) is 9.71. The average molecular weight is 450 g/mol. The second kappa shape index (κ2) is 7.61. The molecule has 0 saturated heterocycles. The number of nitrogens with one attached hydrogen (secondary N) is 1. The topological polar surface area (TPSA) is 102 Å². The van der Waals surface area contributed by atoms with Crippen LogP contribution in [0.5, 0.6) is 0 Å². The monoisotopic (exact) mass is 449 g/mol. The molecule has 1 N–H and O–H groups in total. The van der Waals surface area contributed by atoms with E-state index >= 15 is 0 Å². The summed E-state index contributed by atoms with van der Waals surface area (Å²) in [6, 6.07) is 13.0. The molecule has 3 aromatic rings. The van der Waals surface area contributed by atoms with E-state index in [9.17, 15) is 13.2 Å². The van der Waals surface area contributed by atoms with E-state index in [0.717, 1.165) is 4.47 Å². The van der Waals surface area contributed by atoms with Crippen LogP contribution in [0.3, 0.4) is 0 Å². The van der Waals surface area contributed by atoms with Gasteiger partial charge in [0.15, 0.2) is 9.84 Å². The van der Waals surface area contributed by atoms with Gasteiger partial charge in [0.25, 0.3) is 5.91 Å². The highest BCUT2D eigenvalue weighted by molar-refractivity contribution is 9.10. The van der Waals surface area contributed by atoms with Gasteiger partial charge in [-0.25, -0.2) is 8.42 Å². The Labute approximate surface area is 164 Å². The number of sulfone groups is 1. The zero-order valence-electron chi connectivity index (χ0n) is 14.5. The quantitative estimate of drug-likeness (QED) is 0.632. The lowest BCUT2D eigenvalue weighted by Crippen LogP contribution is -2.13. The molecule has 27 heavy (non-hydrogen) atoms. The number of halogens is 1. The van der Waals surface area contributed by atoms with Crippen molar-refractivity contribution in [2.45, 2.75) is 24.0 Å². The van der Waals surface area contributed by atoms with E-state index in [2.05, 4.69) is 31.4 Å². The second-order valence-corrected chi connectivity index (χ2v) is 9.41. The van der Waals surface area contributed by atoms with Crippen LogP contribution in [-0.4, -0.2) is 29.8 Å². The third kappa shape index (κ3) is 4.25. The number of nitrogens with zero attached hydrogens (tertiary/aromatic N) is 2. The number of carbonyl (C=O) groups excluding carboxylic acids is 1. The van der Waals surface area contributed by atoms with E-state index in [1.54, 1.807) is 44.2 Å². The second-order valence-electron chi connectivity index (χ2n) is 5.99. The molecule has 0 radical (unpaired) electrons.